The average molecular weight is 410 g/mol. The van der Waals surface area contributed by atoms with Crippen molar-refractivity contribution in [2.45, 2.75) is 26.6 Å². The summed E-state index contributed by atoms with van der Waals surface area (Å²) in [5.74, 6) is -3.04. The van der Waals surface area contributed by atoms with Gasteiger partial charge in [0.05, 0.1) is 5.69 Å². The predicted octanol–water partition coefficient (Wildman–Crippen LogP) is 4.82. The number of anilines is 1. The third-order valence-corrected chi connectivity index (χ3v) is 4.18. The number of hydrogen-bond acceptors (Lipinski definition) is 3. The molecule has 3 aromatic rings. The molecule has 0 atom stereocenters. The van der Waals surface area contributed by atoms with E-state index in [4.69, 9.17) is 0 Å². The standard InChI is InChI=1S/C19H15F5N4O/c1-3-28-13(8-14(27-28)19(22,23)24)11-5-7-15(25-9-11)26-18(29)16-12(20)6-4-10(2)17(16)21/h4-9H,3H2,1-2H3,(H,25,26,29). The van der Waals surface area contributed by atoms with Crippen LogP contribution >= 0.6 is 0 Å². The molecule has 2 aromatic heterocycles. The lowest BCUT2D eigenvalue weighted by Gasteiger charge is -2.09. The number of carbonyl (C=O) groups excluding carboxylic acids is 1. The van der Waals surface area contributed by atoms with Gasteiger partial charge in [-0.3, -0.25) is 9.48 Å². The zero-order valence-electron chi connectivity index (χ0n) is 15.3. The molecule has 5 nitrogen and oxygen atoms in total. The van der Waals surface area contributed by atoms with E-state index >= 15 is 0 Å². The molecule has 0 saturated heterocycles. The van der Waals surface area contributed by atoms with Crippen LogP contribution in [0.4, 0.5) is 27.8 Å². The summed E-state index contributed by atoms with van der Waals surface area (Å²) >= 11 is 0. The summed E-state index contributed by atoms with van der Waals surface area (Å²) in [5.41, 5.74) is -1.14. The van der Waals surface area contributed by atoms with Crippen molar-refractivity contribution in [3.63, 3.8) is 0 Å². The summed E-state index contributed by atoms with van der Waals surface area (Å²) in [5, 5.41) is 5.80. The molecule has 3 rings (SSSR count). The van der Waals surface area contributed by atoms with Gasteiger partial charge in [0.25, 0.3) is 5.91 Å². The Kier molecular flexibility index (Phi) is 5.36. The number of hydrogen-bond donors (Lipinski definition) is 1. The Labute approximate surface area is 162 Å². The third-order valence-electron chi connectivity index (χ3n) is 4.18. The van der Waals surface area contributed by atoms with Crippen molar-refractivity contribution >= 4 is 11.7 Å². The Hall–Kier alpha value is -3.30. The lowest BCUT2D eigenvalue weighted by molar-refractivity contribution is -0.141. The fourth-order valence-corrected chi connectivity index (χ4v) is 2.69. The molecule has 29 heavy (non-hydrogen) atoms. The van der Waals surface area contributed by atoms with E-state index in [2.05, 4.69) is 15.4 Å². The molecule has 0 aliphatic carbocycles. The molecule has 0 spiro atoms. The van der Waals surface area contributed by atoms with Gasteiger partial charge in [-0.05, 0) is 43.7 Å². The quantitative estimate of drug-likeness (QED) is 0.628. The van der Waals surface area contributed by atoms with Crippen LogP contribution in [0.15, 0.2) is 36.5 Å². The second-order valence-corrected chi connectivity index (χ2v) is 6.17. The van der Waals surface area contributed by atoms with E-state index in [-0.39, 0.29) is 23.6 Å². The number of pyridine rings is 1. The van der Waals surface area contributed by atoms with Crippen molar-refractivity contribution in [3.05, 3.63) is 65.0 Å². The van der Waals surface area contributed by atoms with Crippen LogP contribution in [-0.2, 0) is 12.7 Å². The van der Waals surface area contributed by atoms with Gasteiger partial charge in [0, 0.05) is 18.3 Å². The van der Waals surface area contributed by atoms with E-state index in [1.165, 1.54) is 36.0 Å². The number of amides is 1. The minimum atomic E-state index is -4.58. The monoisotopic (exact) mass is 410 g/mol. The first-order valence-corrected chi connectivity index (χ1v) is 8.49. The van der Waals surface area contributed by atoms with Crippen LogP contribution < -0.4 is 5.32 Å². The van der Waals surface area contributed by atoms with E-state index in [9.17, 15) is 26.7 Å². The van der Waals surface area contributed by atoms with Crippen LogP contribution in [0.5, 0.6) is 0 Å². The van der Waals surface area contributed by atoms with Gasteiger partial charge in [0.2, 0.25) is 0 Å². The predicted molar refractivity (Wildman–Crippen MR) is 95.2 cm³/mol. The van der Waals surface area contributed by atoms with Gasteiger partial charge in [0.15, 0.2) is 5.69 Å². The number of nitrogens with one attached hydrogen (secondary N) is 1. The molecule has 0 bridgehead atoms. The van der Waals surface area contributed by atoms with Gasteiger partial charge in [-0.15, -0.1) is 0 Å². The molecule has 0 unspecified atom stereocenters. The molecular weight excluding hydrogens is 395 g/mol. The first-order valence-electron chi connectivity index (χ1n) is 8.49. The van der Waals surface area contributed by atoms with Gasteiger partial charge in [-0.1, -0.05) is 6.07 Å². The minimum absolute atomic E-state index is 0.0161. The SMILES string of the molecule is CCn1nc(C(F)(F)F)cc1-c1ccc(NC(=O)c2c(F)ccc(C)c2F)nc1. The Morgan fingerprint density at radius 1 is 1.17 bits per heavy atom. The van der Waals surface area contributed by atoms with E-state index in [0.29, 0.717) is 5.56 Å². The summed E-state index contributed by atoms with van der Waals surface area (Å²) in [6.07, 6.45) is -3.35. The highest BCUT2D eigenvalue weighted by atomic mass is 19.4. The van der Waals surface area contributed by atoms with Gasteiger partial charge in [0.1, 0.15) is 23.0 Å². The fraction of sp³-hybridized carbons (Fsp3) is 0.211. The number of halogens is 5. The Balaban J connectivity index is 1.86. The van der Waals surface area contributed by atoms with Crippen LogP contribution in [0.1, 0.15) is 28.5 Å². The van der Waals surface area contributed by atoms with Crippen molar-refractivity contribution in [1.29, 1.82) is 0 Å². The van der Waals surface area contributed by atoms with Crippen LogP contribution in [0.3, 0.4) is 0 Å². The molecule has 2 heterocycles. The topological polar surface area (TPSA) is 59.8 Å². The molecule has 1 N–H and O–H groups in total. The lowest BCUT2D eigenvalue weighted by Crippen LogP contribution is -2.17. The second kappa shape index (κ2) is 7.61. The van der Waals surface area contributed by atoms with E-state index in [1.807, 2.05) is 0 Å². The van der Waals surface area contributed by atoms with Crippen LogP contribution in [0, 0.1) is 18.6 Å². The molecule has 0 aliphatic rings. The molecule has 152 valence electrons. The van der Waals surface area contributed by atoms with Crippen LogP contribution in [0.2, 0.25) is 0 Å². The van der Waals surface area contributed by atoms with Crippen molar-refractivity contribution in [2.75, 3.05) is 5.32 Å². The molecule has 10 heteroatoms. The van der Waals surface area contributed by atoms with Crippen molar-refractivity contribution < 1.29 is 26.7 Å². The highest BCUT2D eigenvalue weighted by molar-refractivity contribution is 6.04. The van der Waals surface area contributed by atoms with Crippen molar-refractivity contribution in [3.8, 4) is 11.3 Å². The normalized spacial score (nSPS) is 11.6. The maximum Gasteiger partial charge on any atom is 0.435 e. The maximum absolute atomic E-state index is 14.1. The molecule has 1 aromatic carbocycles. The maximum atomic E-state index is 14.1. The highest BCUT2D eigenvalue weighted by Crippen LogP contribution is 2.31. The first kappa shape index (κ1) is 20.4. The Morgan fingerprint density at radius 3 is 2.48 bits per heavy atom. The molecule has 0 saturated carbocycles. The Morgan fingerprint density at radius 2 is 1.90 bits per heavy atom. The number of benzene rings is 1. The number of aromatic nitrogens is 3. The summed E-state index contributed by atoms with van der Waals surface area (Å²) < 4.78 is 67.8. The molecule has 0 fully saturated rings. The summed E-state index contributed by atoms with van der Waals surface area (Å²) in [7, 11) is 0. The van der Waals surface area contributed by atoms with E-state index in [1.54, 1.807) is 6.92 Å². The lowest BCUT2D eigenvalue weighted by atomic mass is 10.1. The van der Waals surface area contributed by atoms with E-state index in [0.717, 1.165) is 12.1 Å². The number of aryl methyl sites for hydroxylation is 2. The molecular formula is C19H15F5N4O. The Bertz CT molecular complexity index is 1060. The zero-order chi connectivity index (χ0) is 21.3. The number of nitrogens with zero attached hydrogens (tertiary/aromatic N) is 3. The molecule has 0 aliphatic heterocycles. The first-order chi connectivity index (χ1) is 13.6. The number of carbonyl (C=O) groups is 1. The smallest absolute Gasteiger partial charge is 0.306 e. The highest BCUT2D eigenvalue weighted by Gasteiger charge is 2.35. The third kappa shape index (κ3) is 4.10. The van der Waals surface area contributed by atoms with Crippen molar-refractivity contribution in [2.24, 2.45) is 0 Å². The fourth-order valence-electron chi connectivity index (χ4n) is 2.69. The molecule has 0 radical (unpaired) electrons. The van der Waals surface area contributed by atoms with Gasteiger partial charge in [-0.2, -0.15) is 18.3 Å². The average Bonchev–Trinajstić information content (AvgIpc) is 3.10. The zero-order valence-corrected chi connectivity index (χ0v) is 15.3. The second-order valence-electron chi connectivity index (χ2n) is 6.17. The number of alkyl halides is 3. The summed E-state index contributed by atoms with van der Waals surface area (Å²) in [6.45, 7) is 3.24. The number of rotatable bonds is 4. The van der Waals surface area contributed by atoms with Gasteiger partial charge < -0.3 is 5.32 Å². The van der Waals surface area contributed by atoms with Crippen LogP contribution in [0.25, 0.3) is 11.3 Å². The minimum Gasteiger partial charge on any atom is -0.306 e. The molecule has 1 amide bonds. The largest absolute Gasteiger partial charge is 0.435 e. The van der Waals surface area contributed by atoms with Crippen LogP contribution in [-0.4, -0.2) is 20.7 Å². The van der Waals surface area contributed by atoms with Gasteiger partial charge >= 0.3 is 6.18 Å². The van der Waals surface area contributed by atoms with E-state index < -0.39 is 35.0 Å². The summed E-state index contributed by atoms with van der Waals surface area (Å²) in [4.78, 5) is 16.2. The summed E-state index contributed by atoms with van der Waals surface area (Å²) in [6, 6.07) is 5.83. The van der Waals surface area contributed by atoms with Crippen molar-refractivity contribution in [1.82, 2.24) is 14.8 Å². The van der Waals surface area contributed by atoms with Gasteiger partial charge in [-0.25, -0.2) is 13.8 Å².